The van der Waals surface area contributed by atoms with E-state index in [2.05, 4.69) is 15.9 Å². The first-order chi connectivity index (χ1) is 12.0. The molecule has 0 aliphatic carbocycles. The second-order valence-corrected chi connectivity index (χ2v) is 6.43. The molecule has 5 heteroatoms. The van der Waals surface area contributed by atoms with Crippen LogP contribution >= 0.6 is 15.9 Å². The van der Waals surface area contributed by atoms with Crippen LogP contribution in [-0.2, 0) is 30.9 Å². The molecule has 25 heavy (non-hydrogen) atoms. The van der Waals surface area contributed by atoms with Crippen molar-refractivity contribution in [1.29, 1.82) is 0 Å². The zero-order valence-corrected chi connectivity index (χ0v) is 15.9. The lowest BCUT2D eigenvalue weighted by atomic mass is 9.75. The van der Waals surface area contributed by atoms with Crippen LogP contribution in [0.3, 0.4) is 0 Å². The molecule has 0 amide bonds. The van der Waals surface area contributed by atoms with E-state index in [9.17, 15) is 9.59 Å². The Labute approximate surface area is 156 Å². The molecule has 0 unspecified atom stereocenters. The van der Waals surface area contributed by atoms with Gasteiger partial charge in [-0.15, -0.1) is 0 Å². The zero-order chi connectivity index (χ0) is 18.3. The molecule has 0 spiro atoms. The largest absolute Gasteiger partial charge is 0.465 e. The van der Waals surface area contributed by atoms with Crippen LogP contribution in [0.25, 0.3) is 0 Å². The molecule has 2 aromatic carbocycles. The second-order valence-electron chi connectivity index (χ2n) is 5.52. The summed E-state index contributed by atoms with van der Waals surface area (Å²) < 4.78 is 11.3. The van der Waals surface area contributed by atoms with Gasteiger partial charge in [-0.05, 0) is 37.1 Å². The van der Waals surface area contributed by atoms with Crippen molar-refractivity contribution in [2.24, 2.45) is 0 Å². The molecule has 2 aromatic rings. The predicted octanol–water partition coefficient (Wildman–Crippen LogP) is 4.06. The van der Waals surface area contributed by atoms with E-state index in [1.165, 1.54) is 0 Å². The van der Waals surface area contributed by atoms with Crippen LogP contribution in [0, 0.1) is 0 Å². The summed E-state index contributed by atoms with van der Waals surface area (Å²) in [6, 6.07) is 16.5. The Bertz CT molecular complexity index is 709. The number of rotatable bonds is 7. The Hall–Kier alpha value is -2.14. The van der Waals surface area contributed by atoms with Crippen LogP contribution < -0.4 is 0 Å². The van der Waals surface area contributed by atoms with Gasteiger partial charge in [0.2, 0.25) is 0 Å². The third-order valence-electron chi connectivity index (χ3n) is 3.88. The van der Waals surface area contributed by atoms with Crippen LogP contribution in [0.1, 0.15) is 25.0 Å². The quantitative estimate of drug-likeness (QED) is 0.515. The molecule has 0 radical (unpaired) electrons. The minimum atomic E-state index is -1.54. The van der Waals surface area contributed by atoms with E-state index in [0.717, 1.165) is 10.0 Å². The van der Waals surface area contributed by atoms with Gasteiger partial charge < -0.3 is 9.47 Å². The van der Waals surface area contributed by atoms with Crippen molar-refractivity contribution in [3.8, 4) is 0 Å². The maximum absolute atomic E-state index is 13.0. The van der Waals surface area contributed by atoms with Crippen molar-refractivity contribution in [2.75, 3.05) is 13.2 Å². The number of hydrogen-bond acceptors (Lipinski definition) is 4. The van der Waals surface area contributed by atoms with E-state index >= 15 is 0 Å². The molecule has 0 heterocycles. The number of carbonyl (C=O) groups is 2. The third kappa shape index (κ3) is 4.28. The van der Waals surface area contributed by atoms with Gasteiger partial charge in [0.25, 0.3) is 0 Å². The normalized spacial score (nSPS) is 11.0. The van der Waals surface area contributed by atoms with Crippen molar-refractivity contribution in [3.05, 3.63) is 70.2 Å². The summed E-state index contributed by atoms with van der Waals surface area (Å²) in [6.07, 6.45) is 0.169. The molecular formula is C20H21BrO4. The summed E-state index contributed by atoms with van der Waals surface area (Å²) in [5.41, 5.74) is -0.150. The highest BCUT2D eigenvalue weighted by atomic mass is 79.9. The Morgan fingerprint density at radius 3 is 2.04 bits per heavy atom. The zero-order valence-electron chi connectivity index (χ0n) is 14.3. The number of hydrogen-bond donors (Lipinski definition) is 0. The topological polar surface area (TPSA) is 52.6 Å². The number of carbonyl (C=O) groups excluding carboxylic acids is 2. The molecule has 2 rings (SSSR count). The first-order valence-electron chi connectivity index (χ1n) is 8.19. The van der Waals surface area contributed by atoms with Gasteiger partial charge in [0.15, 0.2) is 5.41 Å². The summed E-state index contributed by atoms with van der Waals surface area (Å²) in [7, 11) is 0. The van der Waals surface area contributed by atoms with Gasteiger partial charge in [0.05, 0.1) is 13.2 Å². The molecular weight excluding hydrogens is 384 g/mol. The Morgan fingerprint density at radius 2 is 1.52 bits per heavy atom. The Balaban J connectivity index is 2.63. The van der Waals surface area contributed by atoms with Crippen molar-refractivity contribution < 1.29 is 19.1 Å². The van der Waals surface area contributed by atoms with E-state index in [0.29, 0.717) is 5.56 Å². The molecule has 0 bridgehead atoms. The van der Waals surface area contributed by atoms with E-state index < -0.39 is 17.4 Å². The summed E-state index contributed by atoms with van der Waals surface area (Å²) >= 11 is 3.41. The Kier molecular flexibility index (Phi) is 6.76. The molecule has 0 aromatic heterocycles. The standard InChI is InChI=1S/C20H21BrO4/c1-3-24-18(22)20(19(23)25-4-2,14-15-9-6-5-7-10-15)16-11-8-12-17(21)13-16/h5-13H,3-4,14H2,1-2H3. The van der Waals surface area contributed by atoms with Gasteiger partial charge in [0, 0.05) is 10.9 Å². The minimum absolute atomic E-state index is 0.169. The fourth-order valence-corrected chi connectivity index (χ4v) is 3.13. The average molecular weight is 405 g/mol. The van der Waals surface area contributed by atoms with Crippen LogP contribution in [0.5, 0.6) is 0 Å². The highest BCUT2D eigenvalue weighted by Gasteiger charge is 2.50. The third-order valence-corrected chi connectivity index (χ3v) is 4.37. The fraction of sp³-hybridized carbons (Fsp3) is 0.300. The molecule has 0 saturated carbocycles. The van der Waals surface area contributed by atoms with Gasteiger partial charge in [0.1, 0.15) is 0 Å². The lowest BCUT2D eigenvalue weighted by molar-refractivity contribution is -0.164. The van der Waals surface area contributed by atoms with Crippen LogP contribution in [0.15, 0.2) is 59.1 Å². The smallest absolute Gasteiger partial charge is 0.328 e. The molecule has 0 N–H and O–H groups in total. The lowest BCUT2D eigenvalue weighted by Gasteiger charge is -2.30. The first-order valence-corrected chi connectivity index (χ1v) is 8.98. The van der Waals surface area contributed by atoms with Gasteiger partial charge >= 0.3 is 11.9 Å². The minimum Gasteiger partial charge on any atom is -0.465 e. The molecule has 0 fully saturated rings. The van der Waals surface area contributed by atoms with Gasteiger partial charge in [-0.1, -0.05) is 58.4 Å². The summed E-state index contributed by atoms with van der Waals surface area (Å²) in [5.74, 6) is -1.20. The summed E-state index contributed by atoms with van der Waals surface area (Å²) in [4.78, 5) is 25.9. The van der Waals surface area contributed by atoms with Crippen molar-refractivity contribution in [2.45, 2.75) is 25.7 Å². The molecule has 0 aliphatic rings. The van der Waals surface area contributed by atoms with Crippen LogP contribution in [0.2, 0.25) is 0 Å². The number of benzene rings is 2. The van der Waals surface area contributed by atoms with Gasteiger partial charge in [-0.3, -0.25) is 9.59 Å². The van der Waals surface area contributed by atoms with E-state index in [1.54, 1.807) is 32.0 Å². The SMILES string of the molecule is CCOC(=O)C(Cc1ccccc1)(C(=O)OCC)c1cccc(Br)c1. The lowest BCUT2D eigenvalue weighted by Crippen LogP contribution is -2.48. The highest BCUT2D eigenvalue weighted by molar-refractivity contribution is 9.10. The number of halogens is 1. The summed E-state index contributed by atoms with van der Waals surface area (Å²) in [6.45, 7) is 3.81. The maximum atomic E-state index is 13.0. The first kappa shape index (κ1) is 19.2. The summed E-state index contributed by atoms with van der Waals surface area (Å²) in [5, 5.41) is 0. The molecule has 0 aliphatic heterocycles. The monoisotopic (exact) mass is 404 g/mol. The fourth-order valence-electron chi connectivity index (χ4n) is 2.73. The van der Waals surface area contributed by atoms with Crippen molar-refractivity contribution in [1.82, 2.24) is 0 Å². The van der Waals surface area contributed by atoms with Crippen molar-refractivity contribution in [3.63, 3.8) is 0 Å². The van der Waals surface area contributed by atoms with E-state index in [1.807, 2.05) is 36.4 Å². The molecule has 0 atom stereocenters. The van der Waals surface area contributed by atoms with E-state index in [4.69, 9.17) is 9.47 Å². The van der Waals surface area contributed by atoms with Gasteiger partial charge in [-0.25, -0.2) is 0 Å². The molecule has 4 nitrogen and oxygen atoms in total. The molecule has 0 saturated heterocycles. The van der Waals surface area contributed by atoms with E-state index in [-0.39, 0.29) is 19.6 Å². The highest BCUT2D eigenvalue weighted by Crippen LogP contribution is 2.33. The van der Waals surface area contributed by atoms with Crippen LogP contribution in [0.4, 0.5) is 0 Å². The second kappa shape index (κ2) is 8.81. The van der Waals surface area contributed by atoms with Crippen LogP contribution in [-0.4, -0.2) is 25.2 Å². The average Bonchev–Trinajstić information content (AvgIpc) is 2.61. The Morgan fingerprint density at radius 1 is 0.920 bits per heavy atom. The number of ether oxygens (including phenoxy) is 2. The maximum Gasteiger partial charge on any atom is 0.328 e. The van der Waals surface area contributed by atoms with Gasteiger partial charge in [-0.2, -0.15) is 0 Å². The van der Waals surface area contributed by atoms with Crippen molar-refractivity contribution >= 4 is 27.9 Å². The predicted molar refractivity (Wildman–Crippen MR) is 99.2 cm³/mol. The molecule has 132 valence electrons. The number of esters is 2.